The SMILES string of the molecule is Cn1c(CC(F)(F)F)cc(=O)n(-c2cc(Oc3ccc[nH]c3=O)c(Cl)cc2F)c1=O. The molecule has 0 aliphatic rings. The zero-order chi connectivity index (χ0) is 22.2. The molecule has 0 saturated carbocycles. The Hall–Kier alpha value is -3.34. The smallest absolute Gasteiger partial charge is 0.394 e. The van der Waals surface area contributed by atoms with E-state index < -0.39 is 46.6 Å². The topological polar surface area (TPSA) is 86.1 Å². The second-order valence-corrected chi connectivity index (χ2v) is 6.55. The molecule has 0 radical (unpaired) electrons. The van der Waals surface area contributed by atoms with Gasteiger partial charge in [0.25, 0.3) is 11.1 Å². The van der Waals surface area contributed by atoms with Crippen LogP contribution in [0.3, 0.4) is 0 Å². The number of nitrogens with zero attached hydrogens (tertiary/aromatic N) is 2. The maximum atomic E-state index is 14.5. The Balaban J connectivity index is 2.16. The van der Waals surface area contributed by atoms with Crippen LogP contribution in [0, 0.1) is 5.82 Å². The summed E-state index contributed by atoms with van der Waals surface area (Å²) in [6.45, 7) is 0. The van der Waals surface area contributed by atoms with Gasteiger partial charge < -0.3 is 9.72 Å². The van der Waals surface area contributed by atoms with E-state index in [0.717, 1.165) is 19.2 Å². The third-order valence-electron chi connectivity index (χ3n) is 4.05. The van der Waals surface area contributed by atoms with Gasteiger partial charge in [-0.15, -0.1) is 0 Å². The number of alkyl halides is 3. The first kappa shape index (κ1) is 21.4. The third-order valence-corrected chi connectivity index (χ3v) is 4.34. The van der Waals surface area contributed by atoms with Crippen molar-refractivity contribution in [3.63, 3.8) is 0 Å². The van der Waals surface area contributed by atoms with E-state index in [4.69, 9.17) is 16.3 Å². The van der Waals surface area contributed by atoms with Gasteiger partial charge in [-0.3, -0.25) is 14.2 Å². The molecular weight excluding hydrogens is 434 g/mol. The largest absolute Gasteiger partial charge is 0.450 e. The number of rotatable bonds is 4. The van der Waals surface area contributed by atoms with Crippen LogP contribution in [-0.4, -0.2) is 20.3 Å². The Kier molecular flexibility index (Phi) is 5.57. The van der Waals surface area contributed by atoms with Gasteiger partial charge in [-0.1, -0.05) is 11.6 Å². The van der Waals surface area contributed by atoms with Crippen LogP contribution in [0.4, 0.5) is 17.6 Å². The van der Waals surface area contributed by atoms with Gasteiger partial charge in [0.15, 0.2) is 5.75 Å². The molecule has 3 rings (SSSR count). The van der Waals surface area contributed by atoms with Crippen LogP contribution in [0.5, 0.6) is 11.5 Å². The highest BCUT2D eigenvalue weighted by Crippen LogP contribution is 2.31. The monoisotopic (exact) mass is 445 g/mol. The van der Waals surface area contributed by atoms with Crippen LogP contribution in [0.1, 0.15) is 5.69 Å². The Labute approximate surface area is 169 Å². The number of aromatic amines is 1. The summed E-state index contributed by atoms with van der Waals surface area (Å²) in [6.07, 6.45) is -4.82. The molecule has 7 nitrogen and oxygen atoms in total. The zero-order valence-electron chi connectivity index (χ0n) is 15.1. The summed E-state index contributed by atoms with van der Waals surface area (Å²) in [4.78, 5) is 39.0. The minimum Gasteiger partial charge on any atom is -0.450 e. The van der Waals surface area contributed by atoms with Gasteiger partial charge in [0.1, 0.15) is 11.6 Å². The van der Waals surface area contributed by atoms with E-state index in [1.54, 1.807) is 0 Å². The van der Waals surface area contributed by atoms with E-state index in [-0.39, 0.29) is 16.5 Å². The Morgan fingerprint density at radius 1 is 1.13 bits per heavy atom. The summed E-state index contributed by atoms with van der Waals surface area (Å²) in [7, 11) is 1.02. The number of H-pyrrole nitrogens is 1. The minimum atomic E-state index is -4.65. The molecule has 0 aliphatic heterocycles. The molecule has 0 unspecified atom stereocenters. The van der Waals surface area contributed by atoms with Gasteiger partial charge in [0.05, 0.1) is 17.1 Å². The molecule has 3 aromatic rings. The van der Waals surface area contributed by atoms with Crippen molar-refractivity contribution in [2.24, 2.45) is 7.05 Å². The lowest BCUT2D eigenvalue weighted by atomic mass is 10.2. The van der Waals surface area contributed by atoms with Gasteiger partial charge in [0.2, 0.25) is 0 Å². The van der Waals surface area contributed by atoms with Gasteiger partial charge in [-0.2, -0.15) is 13.2 Å². The van der Waals surface area contributed by atoms with Crippen molar-refractivity contribution in [3.8, 4) is 17.2 Å². The van der Waals surface area contributed by atoms with Gasteiger partial charge in [0, 0.05) is 31.1 Å². The fraction of sp³-hybridized carbons (Fsp3) is 0.167. The predicted molar refractivity (Wildman–Crippen MR) is 99.1 cm³/mol. The van der Waals surface area contributed by atoms with E-state index >= 15 is 0 Å². The Morgan fingerprint density at radius 3 is 2.47 bits per heavy atom. The summed E-state index contributed by atoms with van der Waals surface area (Å²) in [5.74, 6) is -1.55. The number of pyridine rings is 1. The molecule has 0 atom stereocenters. The molecule has 0 spiro atoms. The van der Waals surface area contributed by atoms with E-state index in [0.29, 0.717) is 15.2 Å². The molecule has 1 aromatic carbocycles. The third kappa shape index (κ3) is 4.30. The molecule has 12 heteroatoms. The van der Waals surface area contributed by atoms with Gasteiger partial charge in [-0.05, 0) is 18.2 Å². The number of aromatic nitrogens is 3. The average molecular weight is 446 g/mol. The molecule has 0 amide bonds. The van der Waals surface area contributed by atoms with Crippen LogP contribution in [0.15, 0.2) is 50.9 Å². The van der Waals surface area contributed by atoms with Crippen LogP contribution in [0.2, 0.25) is 5.02 Å². The summed E-state index contributed by atoms with van der Waals surface area (Å²) >= 11 is 5.93. The molecule has 1 N–H and O–H groups in total. The van der Waals surface area contributed by atoms with Crippen LogP contribution >= 0.6 is 11.6 Å². The quantitative estimate of drug-likeness (QED) is 0.626. The van der Waals surface area contributed by atoms with Gasteiger partial charge in [-0.25, -0.2) is 13.8 Å². The van der Waals surface area contributed by atoms with Crippen molar-refractivity contribution in [1.82, 2.24) is 14.1 Å². The van der Waals surface area contributed by atoms with E-state index in [1.807, 2.05) is 0 Å². The number of benzene rings is 1. The Bertz CT molecular complexity index is 1290. The number of ether oxygens (including phenoxy) is 1. The number of hydrogen-bond donors (Lipinski definition) is 1. The summed E-state index contributed by atoms with van der Waals surface area (Å²) < 4.78 is 58.8. The normalized spacial score (nSPS) is 11.5. The molecule has 2 aromatic heterocycles. The molecule has 30 heavy (non-hydrogen) atoms. The minimum absolute atomic E-state index is 0.197. The highest BCUT2D eigenvalue weighted by atomic mass is 35.5. The van der Waals surface area contributed by atoms with Crippen molar-refractivity contribution in [1.29, 1.82) is 0 Å². The standard InChI is InChI=1S/C18H12ClF4N3O4/c1-25-9(8-18(21,22)23)5-15(27)26(17(25)29)12-7-14(10(19)6-11(12)20)30-13-3-2-4-24-16(13)28/h2-7H,8H2,1H3,(H,24,28). The second-order valence-electron chi connectivity index (χ2n) is 6.14. The first-order valence-corrected chi connectivity index (χ1v) is 8.59. The summed E-state index contributed by atoms with van der Waals surface area (Å²) in [6, 6.07) is 4.99. The molecule has 0 bridgehead atoms. The average Bonchev–Trinajstić information content (AvgIpc) is 2.63. The Morgan fingerprint density at radius 2 is 1.83 bits per heavy atom. The van der Waals surface area contributed by atoms with Crippen molar-refractivity contribution < 1.29 is 22.3 Å². The maximum Gasteiger partial charge on any atom is 0.394 e. The van der Waals surface area contributed by atoms with Crippen molar-refractivity contribution in [2.75, 3.05) is 0 Å². The molecular formula is C18H12ClF4N3O4. The fourth-order valence-electron chi connectivity index (χ4n) is 2.64. The van der Waals surface area contributed by atoms with E-state index in [1.165, 1.54) is 18.3 Å². The highest BCUT2D eigenvalue weighted by Gasteiger charge is 2.30. The zero-order valence-corrected chi connectivity index (χ0v) is 15.8. The van der Waals surface area contributed by atoms with Crippen LogP contribution in [-0.2, 0) is 13.5 Å². The number of hydrogen-bond acceptors (Lipinski definition) is 4. The van der Waals surface area contributed by atoms with Gasteiger partial charge >= 0.3 is 11.9 Å². The van der Waals surface area contributed by atoms with Crippen LogP contribution in [0.25, 0.3) is 5.69 Å². The second kappa shape index (κ2) is 7.82. The number of halogens is 5. The van der Waals surface area contributed by atoms with Crippen molar-refractivity contribution >= 4 is 11.6 Å². The molecule has 2 heterocycles. The number of nitrogens with one attached hydrogen (secondary N) is 1. The van der Waals surface area contributed by atoms with Crippen molar-refractivity contribution in [2.45, 2.75) is 12.6 Å². The molecule has 0 fully saturated rings. The first-order chi connectivity index (χ1) is 14.0. The predicted octanol–water partition coefficient (Wildman–Crippen LogP) is 2.91. The summed E-state index contributed by atoms with van der Waals surface area (Å²) in [5, 5.41) is -0.266. The fourth-order valence-corrected chi connectivity index (χ4v) is 2.83. The first-order valence-electron chi connectivity index (χ1n) is 8.21. The van der Waals surface area contributed by atoms with Crippen LogP contribution < -0.4 is 21.5 Å². The molecule has 158 valence electrons. The maximum absolute atomic E-state index is 14.5. The summed E-state index contributed by atoms with van der Waals surface area (Å²) in [5.41, 5.74) is -4.20. The lowest BCUT2D eigenvalue weighted by molar-refractivity contribution is -0.128. The molecule has 0 aliphatic carbocycles. The van der Waals surface area contributed by atoms with Crippen molar-refractivity contribution in [3.05, 3.63) is 84.3 Å². The lowest BCUT2D eigenvalue weighted by Gasteiger charge is -2.15. The van der Waals surface area contributed by atoms with E-state index in [9.17, 15) is 31.9 Å². The lowest BCUT2D eigenvalue weighted by Crippen LogP contribution is -2.40. The molecule has 0 saturated heterocycles. The van der Waals surface area contributed by atoms with E-state index in [2.05, 4.69) is 4.98 Å². The highest BCUT2D eigenvalue weighted by molar-refractivity contribution is 6.32.